The van der Waals surface area contributed by atoms with Crippen molar-refractivity contribution in [3.63, 3.8) is 0 Å². The number of anilines is 1. The molecule has 0 atom stereocenters. The van der Waals surface area contributed by atoms with Crippen molar-refractivity contribution >= 4 is 45.2 Å². The van der Waals surface area contributed by atoms with Crippen LogP contribution in [0.25, 0.3) is 22.1 Å². The number of nitrogens with zero attached hydrogens (tertiary/aromatic N) is 4. The van der Waals surface area contributed by atoms with Crippen molar-refractivity contribution in [1.29, 1.82) is 0 Å². The monoisotopic (exact) mass is 479 g/mol. The number of allylic oxidation sites excluding steroid dienone is 2. The highest BCUT2D eigenvalue weighted by Gasteiger charge is 2.23. The summed E-state index contributed by atoms with van der Waals surface area (Å²) in [6.45, 7) is 9.73. The van der Waals surface area contributed by atoms with E-state index in [9.17, 15) is 0 Å². The van der Waals surface area contributed by atoms with Gasteiger partial charge in [-0.2, -0.15) is 0 Å². The zero-order chi connectivity index (χ0) is 23.9. The van der Waals surface area contributed by atoms with E-state index in [1.54, 1.807) is 13.4 Å². The van der Waals surface area contributed by atoms with Gasteiger partial charge < -0.3 is 29.0 Å². The van der Waals surface area contributed by atoms with Gasteiger partial charge in [0, 0.05) is 45.2 Å². The third-order valence-electron chi connectivity index (χ3n) is 5.54. The number of para-hydroxylation sites is 1. The standard InChI is InChI=1S/C25H29N5O3S/c1-4-7-19(14-18(2)32-17-31-3)15-26-25(34)30-12-10-29(11-13-30)24-23-22(27-16-28-24)20-8-5-6-9-21(20)33-23/h4-9,14,16H,2,10-13,15,17H2,1,3H3,(H,26,34)/b7-4-,19-14+. The number of piperazine rings is 1. The van der Waals surface area contributed by atoms with Gasteiger partial charge in [0.1, 0.15) is 23.2 Å². The summed E-state index contributed by atoms with van der Waals surface area (Å²) < 4.78 is 16.4. The molecule has 0 bridgehead atoms. The molecule has 8 nitrogen and oxygen atoms in total. The van der Waals surface area contributed by atoms with E-state index in [-0.39, 0.29) is 6.79 Å². The average Bonchev–Trinajstić information content (AvgIpc) is 3.25. The molecule has 1 fully saturated rings. The van der Waals surface area contributed by atoms with Crippen molar-refractivity contribution in [2.24, 2.45) is 0 Å². The second-order valence-electron chi connectivity index (χ2n) is 7.84. The molecule has 34 heavy (non-hydrogen) atoms. The Morgan fingerprint density at radius 1 is 1.24 bits per heavy atom. The number of ether oxygens (including phenoxy) is 2. The summed E-state index contributed by atoms with van der Waals surface area (Å²) in [4.78, 5) is 13.4. The summed E-state index contributed by atoms with van der Waals surface area (Å²) in [7, 11) is 1.58. The molecule has 1 aliphatic rings. The molecule has 0 saturated carbocycles. The number of nitrogens with one attached hydrogen (secondary N) is 1. The summed E-state index contributed by atoms with van der Waals surface area (Å²) in [5.74, 6) is 1.37. The van der Waals surface area contributed by atoms with Crippen molar-refractivity contribution in [1.82, 2.24) is 20.2 Å². The van der Waals surface area contributed by atoms with Gasteiger partial charge >= 0.3 is 0 Å². The first kappa shape index (κ1) is 23.7. The van der Waals surface area contributed by atoms with Crippen LogP contribution in [-0.2, 0) is 9.47 Å². The second-order valence-corrected chi connectivity index (χ2v) is 8.23. The molecule has 3 heterocycles. The third kappa shape index (κ3) is 5.37. The lowest BCUT2D eigenvalue weighted by Gasteiger charge is -2.36. The SMILES string of the molecule is C=C(/C=C(\C=C/C)CNC(=S)N1CCN(c2ncnc3c2oc2ccccc23)CC1)OCOC. The maximum atomic E-state index is 6.10. The first-order valence-electron chi connectivity index (χ1n) is 11.1. The Morgan fingerprint density at radius 2 is 2.03 bits per heavy atom. The lowest BCUT2D eigenvalue weighted by atomic mass is 10.2. The van der Waals surface area contributed by atoms with Crippen LogP contribution in [0.5, 0.6) is 0 Å². The number of rotatable bonds is 8. The van der Waals surface area contributed by atoms with E-state index >= 15 is 0 Å². The maximum absolute atomic E-state index is 6.10. The van der Waals surface area contributed by atoms with Crippen LogP contribution in [0.4, 0.5) is 5.82 Å². The minimum absolute atomic E-state index is 0.168. The fraction of sp³-hybridized carbons (Fsp3) is 0.320. The van der Waals surface area contributed by atoms with Crippen molar-refractivity contribution in [3.8, 4) is 0 Å². The number of hydrogen-bond donors (Lipinski definition) is 1. The number of aromatic nitrogens is 2. The molecule has 0 unspecified atom stereocenters. The van der Waals surface area contributed by atoms with Crippen LogP contribution in [0, 0.1) is 0 Å². The summed E-state index contributed by atoms with van der Waals surface area (Å²) in [5, 5.41) is 5.07. The van der Waals surface area contributed by atoms with E-state index in [0.29, 0.717) is 12.3 Å². The fourth-order valence-corrected chi connectivity index (χ4v) is 4.16. The summed E-state index contributed by atoms with van der Waals surface area (Å²) in [5.41, 5.74) is 3.41. The van der Waals surface area contributed by atoms with E-state index < -0.39 is 0 Å². The van der Waals surface area contributed by atoms with Crippen molar-refractivity contribution in [2.75, 3.05) is 51.5 Å². The van der Waals surface area contributed by atoms with Crippen LogP contribution < -0.4 is 10.2 Å². The first-order chi connectivity index (χ1) is 16.6. The third-order valence-corrected chi connectivity index (χ3v) is 5.94. The van der Waals surface area contributed by atoms with Crippen molar-refractivity contribution in [3.05, 3.63) is 66.7 Å². The summed E-state index contributed by atoms with van der Waals surface area (Å²) >= 11 is 5.66. The zero-order valence-corrected chi connectivity index (χ0v) is 20.3. The molecule has 1 aromatic carbocycles. The summed E-state index contributed by atoms with van der Waals surface area (Å²) in [6.07, 6.45) is 7.46. The van der Waals surface area contributed by atoms with E-state index in [4.69, 9.17) is 26.1 Å². The zero-order valence-electron chi connectivity index (χ0n) is 19.5. The van der Waals surface area contributed by atoms with Gasteiger partial charge in [-0.1, -0.05) is 30.9 Å². The molecule has 1 saturated heterocycles. The number of fused-ring (bicyclic) bond motifs is 3. The van der Waals surface area contributed by atoms with Crippen LogP contribution in [0.15, 0.2) is 71.1 Å². The van der Waals surface area contributed by atoms with Gasteiger partial charge in [-0.25, -0.2) is 9.97 Å². The second kappa shape index (κ2) is 11.1. The normalized spacial score (nSPS) is 14.8. The molecule has 178 valence electrons. The predicted octanol–water partition coefficient (Wildman–Crippen LogP) is 4.01. The van der Waals surface area contributed by atoms with E-state index in [2.05, 4.69) is 31.7 Å². The van der Waals surface area contributed by atoms with Gasteiger partial charge in [-0.05, 0) is 42.9 Å². The predicted molar refractivity (Wildman–Crippen MR) is 139 cm³/mol. The highest BCUT2D eigenvalue weighted by molar-refractivity contribution is 7.80. The van der Waals surface area contributed by atoms with Crippen LogP contribution in [0.1, 0.15) is 6.92 Å². The van der Waals surface area contributed by atoms with Gasteiger partial charge in [-0.15, -0.1) is 0 Å². The van der Waals surface area contributed by atoms with Gasteiger partial charge in [0.2, 0.25) is 0 Å². The van der Waals surface area contributed by atoms with Crippen LogP contribution in [-0.4, -0.2) is 66.6 Å². The Hall–Kier alpha value is -3.43. The van der Waals surface area contributed by atoms with Crippen molar-refractivity contribution in [2.45, 2.75) is 6.92 Å². The van der Waals surface area contributed by atoms with E-state index in [1.165, 1.54) is 0 Å². The van der Waals surface area contributed by atoms with Crippen LogP contribution >= 0.6 is 12.2 Å². The molecule has 9 heteroatoms. The highest BCUT2D eigenvalue weighted by Crippen LogP contribution is 2.32. The molecule has 2 aromatic heterocycles. The molecule has 0 amide bonds. The topological polar surface area (TPSA) is 75.9 Å². The number of methoxy groups -OCH3 is 1. The molecule has 0 aliphatic carbocycles. The lowest BCUT2D eigenvalue weighted by molar-refractivity contribution is 0.0105. The molecule has 1 N–H and O–H groups in total. The number of benzene rings is 1. The largest absolute Gasteiger partial charge is 0.468 e. The molecule has 4 rings (SSSR count). The maximum Gasteiger partial charge on any atom is 0.196 e. The van der Waals surface area contributed by atoms with Crippen LogP contribution in [0.3, 0.4) is 0 Å². The van der Waals surface area contributed by atoms with E-state index in [1.807, 2.05) is 49.4 Å². The van der Waals surface area contributed by atoms with Crippen LogP contribution in [0.2, 0.25) is 0 Å². The molecular formula is C25H29N5O3S. The van der Waals surface area contributed by atoms with Gasteiger partial charge in [0.15, 0.2) is 23.3 Å². The number of hydrogen-bond acceptors (Lipinski definition) is 7. The summed E-state index contributed by atoms with van der Waals surface area (Å²) in [6, 6.07) is 7.93. The molecule has 0 radical (unpaired) electrons. The lowest BCUT2D eigenvalue weighted by Crippen LogP contribution is -2.52. The highest BCUT2D eigenvalue weighted by atomic mass is 32.1. The minimum atomic E-state index is 0.168. The number of furan rings is 1. The Bertz CT molecular complexity index is 1230. The minimum Gasteiger partial charge on any atom is -0.468 e. The Balaban J connectivity index is 1.37. The molecule has 1 aliphatic heterocycles. The fourth-order valence-electron chi connectivity index (χ4n) is 3.90. The smallest absolute Gasteiger partial charge is 0.196 e. The molecular weight excluding hydrogens is 450 g/mol. The Kier molecular flexibility index (Phi) is 7.76. The average molecular weight is 480 g/mol. The first-order valence-corrected chi connectivity index (χ1v) is 11.6. The quantitative estimate of drug-likeness (QED) is 0.223. The van der Waals surface area contributed by atoms with Crippen molar-refractivity contribution < 1.29 is 13.9 Å². The molecule has 0 spiro atoms. The molecule has 3 aromatic rings. The number of thiocarbonyl (C=S) groups is 1. The Morgan fingerprint density at radius 3 is 2.79 bits per heavy atom. The Labute approximate surface area is 204 Å². The van der Waals surface area contributed by atoms with Gasteiger partial charge in [0.05, 0.1) is 0 Å². The van der Waals surface area contributed by atoms with Gasteiger partial charge in [0.25, 0.3) is 0 Å². The van der Waals surface area contributed by atoms with E-state index in [0.717, 1.165) is 64.8 Å². The van der Waals surface area contributed by atoms with Gasteiger partial charge in [-0.3, -0.25) is 0 Å².